The molecule has 0 saturated carbocycles. The smallest absolute Gasteiger partial charge is 0.307 e. The first-order valence-corrected chi connectivity index (χ1v) is 4.06. The number of aliphatic hydroxyl groups excluding tert-OH is 1. The van der Waals surface area contributed by atoms with Gasteiger partial charge in [0.2, 0.25) is 0 Å². The highest BCUT2D eigenvalue weighted by atomic mass is 16.6. The molecule has 70 valence electrons. The lowest BCUT2D eigenvalue weighted by Gasteiger charge is -2.25. The first-order valence-electron chi connectivity index (χ1n) is 4.06. The molecule has 0 bridgehead atoms. The molecule has 1 aliphatic heterocycles. The number of esters is 1. The van der Waals surface area contributed by atoms with Crippen molar-refractivity contribution in [1.29, 1.82) is 0 Å². The Bertz CT molecular complexity index is 161. The summed E-state index contributed by atoms with van der Waals surface area (Å²) in [7, 11) is 3.75. The summed E-state index contributed by atoms with van der Waals surface area (Å²) in [5.74, 6) is -0.223. The van der Waals surface area contributed by atoms with Gasteiger partial charge >= 0.3 is 5.97 Å². The largest absolute Gasteiger partial charge is 0.458 e. The summed E-state index contributed by atoms with van der Waals surface area (Å²) < 4.78 is 4.97. The van der Waals surface area contributed by atoms with E-state index >= 15 is 0 Å². The molecular formula is C8H15NO3. The Hall–Kier alpha value is -0.610. The monoisotopic (exact) mass is 173 g/mol. The Morgan fingerprint density at radius 2 is 2.25 bits per heavy atom. The molecule has 1 rings (SSSR count). The van der Waals surface area contributed by atoms with Crippen LogP contribution in [0, 0.1) is 0 Å². The highest BCUT2D eigenvalue weighted by molar-refractivity contribution is 5.72. The van der Waals surface area contributed by atoms with Crippen molar-refractivity contribution in [2.75, 3.05) is 14.1 Å². The Balaban J connectivity index is 2.65. The second-order valence-electron chi connectivity index (χ2n) is 3.43. The fourth-order valence-corrected chi connectivity index (χ4v) is 1.46. The van der Waals surface area contributed by atoms with Crippen LogP contribution in [0.3, 0.4) is 0 Å². The van der Waals surface area contributed by atoms with Crippen LogP contribution in [0.15, 0.2) is 0 Å². The maximum absolute atomic E-state index is 10.9. The molecule has 0 aliphatic carbocycles. The van der Waals surface area contributed by atoms with E-state index in [1.165, 1.54) is 0 Å². The van der Waals surface area contributed by atoms with Gasteiger partial charge in [-0.05, 0) is 21.0 Å². The molecule has 0 aromatic carbocycles. The van der Waals surface area contributed by atoms with Gasteiger partial charge < -0.3 is 14.7 Å². The van der Waals surface area contributed by atoms with Crippen molar-refractivity contribution in [3.8, 4) is 0 Å². The summed E-state index contributed by atoms with van der Waals surface area (Å²) >= 11 is 0. The molecule has 0 amide bonds. The normalized spacial score (nSPS) is 32.2. The van der Waals surface area contributed by atoms with Crippen molar-refractivity contribution >= 4 is 5.97 Å². The van der Waals surface area contributed by atoms with E-state index in [9.17, 15) is 9.90 Å². The van der Waals surface area contributed by atoms with E-state index in [0.717, 1.165) is 0 Å². The van der Waals surface area contributed by atoms with Crippen LogP contribution in [-0.4, -0.2) is 48.3 Å². The van der Waals surface area contributed by atoms with Gasteiger partial charge in [-0.2, -0.15) is 0 Å². The minimum atomic E-state index is -0.594. The first-order chi connectivity index (χ1) is 5.52. The molecule has 4 heteroatoms. The molecule has 3 atom stereocenters. The quantitative estimate of drug-likeness (QED) is 0.578. The molecule has 12 heavy (non-hydrogen) atoms. The van der Waals surface area contributed by atoms with Crippen molar-refractivity contribution in [2.45, 2.75) is 31.6 Å². The molecular weight excluding hydrogens is 158 g/mol. The Morgan fingerprint density at radius 1 is 1.67 bits per heavy atom. The van der Waals surface area contributed by atoms with Crippen molar-refractivity contribution in [1.82, 2.24) is 4.90 Å². The molecule has 1 aliphatic rings. The molecule has 1 N–H and O–H groups in total. The van der Waals surface area contributed by atoms with Crippen molar-refractivity contribution < 1.29 is 14.6 Å². The third-order valence-corrected chi connectivity index (χ3v) is 2.16. The van der Waals surface area contributed by atoms with Crippen LogP contribution in [0.5, 0.6) is 0 Å². The summed E-state index contributed by atoms with van der Waals surface area (Å²) in [5, 5.41) is 9.29. The molecule has 0 aromatic heterocycles. The van der Waals surface area contributed by atoms with Gasteiger partial charge in [0.05, 0.1) is 18.6 Å². The number of ether oxygens (including phenoxy) is 1. The van der Waals surface area contributed by atoms with E-state index in [2.05, 4.69) is 0 Å². The maximum Gasteiger partial charge on any atom is 0.307 e. The third-order valence-electron chi connectivity index (χ3n) is 2.16. The van der Waals surface area contributed by atoms with Gasteiger partial charge in [0.1, 0.15) is 6.10 Å². The summed E-state index contributed by atoms with van der Waals surface area (Å²) in [5.41, 5.74) is 0. The molecule has 4 nitrogen and oxygen atoms in total. The first kappa shape index (κ1) is 9.48. The summed E-state index contributed by atoms with van der Waals surface area (Å²) in [4.78, 5) is 12.8. The summed E-state index contributed by atoms with van der Waals surface area (Å²) in [6, 6.07) is 0.0116. The van der Waals surface area contributed by atoms with Gasteiger partial charge in [-0.25, -0.2) is 0 Å². The number of hydrogen-bond donors (Lipinski definition) is 1. The lowest BCUT2D eigenvalue weighted by Crippen LogP contribution is -2.41. The van der Waals surface area contributed by atoms with Crippen molar-refractivity contribution in [3.05, 3.63) is 0 Å². The van der Waals surface area contributed by atoms with E-state index in [0.29, 0.717) is 6.42 Å². The molecule has 1 heterocycles. The van der Waals surface area contributed by atoms with Crippen molar-refractivity contribution in [2.24, 2.45) is 0 Å². The number of aliphatic hydroxyl groups is 1. The van der Waals surface area contributed by atoms with Gasteiger partial charge in [0.15, 0.2) is 0 Å². The van der Waals surface area contributed by atoms with Crippen LogP contribution in [0.2, 0.25) is 0 Å². The zero-order valence-corrected chi connectivity index (χ0v) is 7.65. The second kappa shape index (κ2) is 3.41. The minimum Gasteiger partial charge on any atom is -0.458 e. The topological polar surface area (TPSA) is 49.8 Å². The zero-order chi connectivity index (χ0) is 9.30. The minimum absolute atomic E-state index is 0.0116. The number of carbonyl (C=O) groups is 1. The van der Waals surface area contributed by atoms with Crippen LogP contribution in [0.25, 0.3) is 0 Å². The Labute approximate surface area is 72.1 Å². The van der Waals surface area contributed by atoms with Gasteiger partial charge in [0, 0.05) is 0 Å². The highest BCUT2D eigenvalue weighted by Gasteiger charge is 2.38. The van der Waals surface area contributed by atoms with E-state index in [4.69, 9.17) is 4.74 Å². The molecule has 0 aromatic rings. The fraction of sp³-hybridized carbons (Fsp3) is 0.875. The highest BCUT2D eigenvalue weighted by Crippen LogP contribution is 2.21. The predicted molar refractivity (Wildman–Crippen MR) is 43.7 cm³/mol. The van der Waals surface area contributed by atoms with Crippen molar-refractivity contribution in [3.63, 3.8) is 0 Å². The molecule has 1 fully saturated rings. The molecule has 0 radical (unpaired) electrons. The van der Waals surface area contributed by atoms with Crippen LogP contribution < -0.4 is 0 Å². The van der Waals surface area contributed by atoms with Crippen LogP contribution in [-0.2, 0) is 9.53 Å². The number of hydrogen-bond acceptors (Lipinski definition) is 4. The van der Waals surface area contributed by atoms with E-state index in [1.54, 1.807) is 6.92 Å². The van der Waals surface area contributed by atoms with E-state index in [-0.39, 0.29) is 18.1 Å². The van der Waals surface area contributed by atoms with Crippen LogP contribution >= 0.6 is 0 Å². The SMILES string of the molecule is C[C@@H](O)[C@H]1OC(=O)C[C@@H]1N(C)C. The van der Waals surface area contributed by atoms with Gasteiger partial charge in [0.25, 0.3) is 0 Å². The zero-order valence-electron chi connectivity index (χ0n) is 7.65. The lowest BCUT2D eigenvalue weighted by atomic mass is 10.1. The number of nitrogens with zero attached hydrogens (tertiary/aromatic N) is 1. The summed E-state index contributed by atoms with van der Waals surface area (Å²) in [6.45, 7) is 1.64. The standard InChI is InChI=1S/C8H15NO3/c1-5(10)8-6(9(2)3)4-7(11)12-8/h5-6,8,10H,4H2,1-3H3/t5-,6+,8-/m1/s1. The van der Waals surface area contributed by atoms with Crippen LogP contribution in [0.4, 0.5) is 0 Å². The Kier molecular flexibility index (Phi) is 2.69. The average molecular weight is 173 g/mol. The van der Waals surface area contributed by atoms with Gasteiger partial charge in [-0.3, -0.25) is 4.79 Å². The fourth-order valence-electron chi connectivity index (χ4n) is 1.46. The molecule has 0 spiro atoms. The maximum atomic E-state index is 10.9. The third kappa shape index (κ3) is 1.76. The molecule has 0 unspecified atom stereocenters. The number of likely N-dealkylation sites (N-methyl/N-ethyl adjacent to an activating group) is 1. The van der Waals surface area contributed by atoms with Crippen LogP contribution in [0.1, 0.15) is 13.3 Å². The van der Waals surface area contributed by atoms with Gasteiger partial charge in [-0.15, -0.1) is 0 Å². The van der Waals surface area contributed by atoms with E-state index in [1.807, 2.05) is 19.0 Å². The predicted octanol–water partition coefficient (Wildman–Crippen LogP) is -0.387. The summed E-state index contributed by atoms with van der Waals surface area (Å²) in [6.07, 6.45) is -0.584. The number of rotatable bonds is 2. The van der Waals surface area contributed by atoms with Gasteiger partial charge in [-0.1, -0.05) is 0 Å². The van der Waals surface area contributed by atoms with E-state index < -0.39 is 6.10 Å². The molecule has 1 saturated heterocycles. The lowest BCUT2D eigenvalue weighted by molar-refractivity contribution is -0.145. The number of cyclic esters (lactones) is 1. The number of carbonyl (C=O) groups excluding carboxylic acids is 1. The average Bonchev–Trinajstić information content (AvgIpc) is 2.31. The second-order valence-corrected chi connectivity index (χ2v) is 3.43. The Morgan fingerprint density at radius 3 is 2.58 bits per heavy atom.